The van der Waals surface area contributed by atoms with E-state index in [0.717, 1.165) is 43.1 Å². The van der Waals surface area contributed by atoms with Crippen LogP contribution in [0.15, 0.2) is 57.5 Å². The van der Waals surface area contributed by atoms with Gasteiger partial charge in [-0.3, -0.25) is 0 Å². The number of aryl methyl sites for hydroxylation is 2. The first kappa shape index (κ1) is 24.9. The first-order chi connectivity index (χ1) is 16.7. The molecule has 4 aromatic rings. The van der Waals surface area contributed by atoms with Crippen molar-refractivity contribution in [3.63, 3.8) is 0 Å². The fraction of sp³-hybridized carbons (Fsp3) is 0.200. The van der Waals surface area contributed by atoms with Crippen molar-refractivity contribution in [2.24, 2.45) is 0 Å². The van der Waals surface area contributed by atoms with Crippen LogP contribution in [0.25, 0.3) is 11.4 Å². The van der Waals surface area contributed by atoms with Crippen LogP contribution in [0.4, 0.5) is 0 Å². The van der Waals surface area contributed by atoms with Crippen LogP contribution in [0.3, 0.4) is 0 Å². The Morgan fingerprint density at radius 1 is 0.686 bits per heavy atom. The molecule has 0 unspecified atom stereocenters. The molecule has 0 radical (unpaired) electrons. The van der Waals surface area contributed by atoms with Gasteiger partial charge >= 0.3 is 11.9 Å². The van der Waals surface area contributed by atoms with Crippen LogP contribution < -0.4 is 0 Å². The highest BCUT2D eigenvalue weighted by molar-refractivity contribution is 9.10. The van der Waals surface area contributed by atoms with E-state index in [2.05, 4.69) is 42.1 Å². The summed E-state index contributed by atoms with van der Waals surface area (Å²) in [7, 11) is 0. The Kier molecular flexibility index (Phi) is 7.23. The molecule has 0 amide bonds. The van der Waals surface area contributed by atoms with Crippen molar-refractivity contribution in [3.05, 3.63) is 91.4 Å². The maximum absolute atomic E-state index is 12.3. The Morgan fingerprint density at radius 3 is 1.31 bits per heavy atom. The lowest BCUT2D eigenvalue weighted by Crippen LogP contribution is -2.13. The van der Waals surface area contributed by atoms with Crippen molar-refractivity contribution < 1.29 is 19.1 Å². The van der Waals surface area contributed by atoms with Gasteiger partial charge in [0, 0.05) is 0 Å². The fourth-order valence-electron chi connectivity index (χ4n) is 3.53. The first-order valence-electron chi connectivity index (χ1n) is 10.7. The molecule has 8 nitrogen and oxygen atoms in total. The monoisotopic (exact) mass is 600 g/mol. The Morgan fingerprint density at radius 2 is 1.03 bits per heavy atom. The molecule has 0 spiro atoms. The highest BCUT2D eigenvalue weighted by atomic mass is 79.9. The smallest absolute Gasteiger partial charge is 0.341 e. The molecular weight excluding hydrogens is 580 g/mol. The Bertz CT molecular complexity index is 1300. The summed E-state index contributed by atoms with van der Waals surface area (Å²) in [5.41, 5.74) is 5.98. The van der Waals surface area contributed by atoms with Crippen LogP contribution in [0, 0.1) is 27.7 Å². The van der Waals surface area contributed by atoms with Crippen LogP contribution in [-0.2, 0) is 9.47 Å². The summed E-state index contributed by atoms with van der Waals surface area (Å²) in [5, 5.41) is 8.95. The number of carbonyl (C=O) groups is 2. The molecule has 2 aromatic heterocycles. The number of esters is 2. The van der Waals surface area contributed by atoms with E-state index in [1.807, 2.05) is 27.7 Å². The fourth-order valence-corrected chi connectivity index (χ4v) is 4.03. The number of hydrogen-bond donors (Lipinski definition) is 0. The molecule has 0 aliphatic carbocycles. The van der Waals surface area contributed by atoms with Gasteiger partial charge in [-0.1, -0.05) is 0 Å². The Labute approximate surface area is 219 Å². The van der Waals surface area contributed by atoms with Crippen molar-refractivity contribution >= 4 is 43.8 Å². The summed E-state index contributed by atoms with van der Waals surface area (Å²) in [5.74, 6) is -1.19. The zero-order valence-electron chi connectivity index (χ0n) is 19.5. The molecule has 0 aliphatic heterocycles. The van der Waals surface area contributed by atoms with Gasteiger partial charge in [0.05, 0.1) is 54.2 Å². The molecule has 0 atom stereocenters. The zero-order chi connectivity index (χ0) is 25.3. The van der Waals surface area contributed by atoms with Crippen molar-refractivity contribution in [1.29, 1.82) is 0 Å². The van der Waals surface area contributed by atoms with Gasteiger partial charge in [-0.25, -0.2) is 19.0 Å². The lowest BCUT2D eigenvalue weighted by molar-refractivity contribution is -0.0167. The minimum atomic E-state index is -0.593. The Balaban J connectivity index is 1.33. The van der Waals surface area contributed by atoms with Crippen molar-refractivity contribution in [1.82, 2.24) is 19.6 Å². The molecule has 35 heavy (non-hydrogen) atoms. The predicted octanol–water partition coefficient (Wildman–Crippen LogP) is 5.79. The topological polar surface area (TPSA) is 88.2 Å². The molecule has 0 saturated heterocycles. The quantitative estimate of drug-likeness (QED) is 0.205. The second-order valence-corrected chi connectivity index (χ2v) is 9.45. The number of halogens is 2. The normalized spacial score (nSPS) is 10.9. The third-order valence-electron chi connectivity index (χ3n) is 5.48. The predicted molar refractivity (Wildman–Crippen MR) is 137 cm³/mol. The summed E-state index contributed by atoms with van der Waals surface area (Å²) in [4.78, 5) is 24.7. The summed E-state index contributed by atoms with van der Waals surface area (Å²) in [6, 6.07) is 13.7. The Hall–Kier alpha value is -3.24. The number of carbonyl (C=O) groups excluding carboxylic acids is 2. The molecule has 0 aliphatic rings. The molecule has 4 rings (SSSR count). The molecule has 0 saturated carbocycles. The second-order valence-electron chi connectivity index (χ2n) is 7.87. The highest BCUT2D eigenvalue weighted by Crippen LogP contribution is 2.24. The number of rotatable bonds is 6. The second kappa shape index (κ2) is 10.2. The van der Waals surface area contributed by atoms with Crippen LogP contribution >= 0.6 is 31.9 Å². The summed E-state index contributed by atoms with van der Waals surface area (Å²) >= 11 is 7.02. The van der Waals surface area contributed by atoms with Gasteiger partial charge < -0.3 is 9.47 Å². The molecule has 0 fully saturated rings. The first-order valence-corrected chi connectivity index (χ1v) is 12.2. The van der Waals surface area contributed by atoms with E-state index in [-0.39, 0.29) is 0 Å². The zero-order valence-corrected chi connectivity index (χ0v) is 22.7. The third kappa shape index (κ3) is 5.08. The number of aromatic nitrogens is 4. The number of benzene rings is 2. The molecule has 0 N–H and O–H groups in total. The average molecular weight is 602 g/mol. The molecule has 2 heterocycles. The van der Waals surface area contributed by atoms with Gasteiger partial charge in [-0.05, 0) is 108 Å². The van der Waals surface area contributed by atoms with Gasteiger partial charge in [-0.15, -0.1) is 0 Å². The average Bonchev–Trinajstić information content (AvgIpc) is 3.28. The van der Waals surface area contributed by atoms with Crippen molar-refractivity contribution in [2.45, 2.75) is 27.7 Å². The number of nitrogens with zero attached hydrogens (tertiary/aromatic N) is 4. The van der Waals surface area contributed by atoms with E-state index in [9.17, 15) is 9.59 Å². The van der Waals surface area contributed by atoms with E-state index in [1.165, 1.54) is 0 Å². The van der Waals surface area contributed by atoms with E-state index in [1.54, 1.807) is 57.9 Å². The minimum Gasteiger partial charge on any atom is -0.424 e. The third-order valence-corrected chi connectivity index (χ3v) is 7.78. The van der Waals surface area contributed by atoms with Crippen LogP contribution in [-0.4, -0.2) is 38.3 Å². The maximum Gasteiger partial charge on any atom is 0.341 e. The van der Waals surface area contributed by atoms with Crippen molar-refractivity contribution in [3.8, 4) is 11.4 Å². The summed E-state index contributed by atoms with van der Waals surface area (Å²) < 4.78 is 15.7. The molecule has 0 bridgehead atoms. The highest BCUT2D eigenvalue weighted by Gasteiger charge is 2.14. The van der Waals surface area contributed by atoms with Gasteiger partial charge in [0.1, 0.15) is 0 Å². The van der Waals surface area contributed by atoms with Gasteiger partial charge in [0.15, 0.2) is 0 Å². The van der Waals surface area contributed by atoms with Gasteiger partial charge in [0.2, 0.25) is 6.79 Å². The van der Waals surface area contributed by atoms with E-state index >= 15 is 0 Å². The lowest BCUT2D eigenvalue weighted by Gasteiger charge is -2.09. The number of hydrogen-bond acceptors (Lipinski definition) is 6. The van der Waals surface area contributed by atoms with Crippen LogP contribution in [0.1, 0.15) is 43.5 Å². The SMILES string of the molecule is Cc1nn(-c2ccc(C(=O)OCOC(=O)c3ccc(-n4nc(C)c(Br)c4C)cc3)cc2)c(C)c1Br. The molecular formula is C25H22Br2N4O4. The number of ether oxygens (including phenoxy) is 2. The largest absolute Gasteiger partial charge is 0.424 e. The molecule has 2 aromatic carbocycles. The standard InChI is InChI=1S/C25H22Br2N4O4/c1-14-22(26)16(3)30(28-14)20-9-5-18(6-10-20)24(32)34-13-35-25(33)19-7-11-21(12-8-19)31-17(4)23(27)15(2)29-31/h5-12H,13H2,1-4H3. The van der Waals surface area contributed by atoms with Gasteiger partial charge in [0.25, 0.3) is 0 Å². The van der Waals surface area contributed by atoms with Gasteiger partial charge in [-0.2, -0.15) is 10.2 Å². The molecule has 10 heteroatoms. The molecule has 180 valence electrons. The summed E-state index contributed by atoms with van der Waals surface area (Å²) in [6.07, 6.45) is 0. The van der Waals surface area contributed by atoms with Crippen molar-refractivity contribution in [2.75, 3.05) is 6.79 Å². The van der Waals surface area contributed by atoms with E-state index in [4.69, 9.17) is 9.47 Å². The van der Waals surface area contributed by atoms with E-state index < -0.39 is 18.7 Å². The maximum atomic E-state index is 12.3. The minimum absolute atomic E-state index is 0.339. The van der Waals surface area contributed by atoms with E-state index in [0.29, 0.717) is 11.1 Å². The van der Waals surface area contributed by atoms with Crippen LogP contribution in [0.5, 0.6) is 0 Å². The lowest BCUT2D eigenvalue weighted by atomic mass is 10.2. The van der Waals surface area contributed by atoms with Crippen LogP contribution in [0.2, 0.25) is 0 Å². The summed E-state index contributed by atoms with van der Waals surface area (Å²) in [6.45, 7) is 7.24.